The number of aromatic nitrogens is 1. The van der Waals surface area contributed by atoms with Gasteiger partial charge in [-0.05, 0) is 49.4 Å². The van der Waals surface area contributed by atoms with Gasteiger partial charge in [0.1, 0.15) is 11.5 Å². The summed E-state index contributed by atoms with van der Waals surface area (Å²) in [7, 11) is 0. The Morgan fingerprint density at radius 3 is 2.17 bits per heavy atom. The summed E-state index contributed by atoms with van der Waals surface area (Å²) in [5.74, 6) is 1.30. The summed E-state index contributed by atoms with van der Waals surface area (Å²) in [6.07, 6.45) is 4.34. The van der Waals surface area contributed by atoms with E-state index in [1.807, 2.05) is 59.2 Å². The van der Waals surface area contributed by atoms with Gasteiger partial charge in [-0.3, -0.25) is 9.36 Å². The molecule has 0 saturated heterocycles. The second-order valence-corrected chi connectivity index (χ2v) is 7.93. The Kier molecular flexibility index (Phi) is 3.63. The average molecular weight is 379 g/mol. The van der Waals surface area contributed by atoms with E-state index in [1.165, 1.54) is 23.1 Å². The van der Waals surface area contributed by atoms with E-state index in [0.29, 0.717) is 0 Å². The highest BCUT2D eigenvalue weighted by Gasteiger charge is 2.35. The van der Waals surface area contributed by atoms with E-state index in [0.717, 1.165) is 47.4 Å². The van der Waals surface area contributed by atoms with Gasteiger partial charge >= 0.3 is 0 Å². The van der Waals surface area contributed by atoms with E-state index < -0.39 is 0 Å². The summed E-state index contributed by atoms with van der Waals surface area (Å²) in [6.45, 7) is 0. The SMILES string of the molecule is O=C(C1c2ccccc2Oc2ccccc21)n1c2c(c3ccccc31)CCCC2. The third kappa shape index (κ3) is 2.40. The molecule has 2 heterocycles. The summed E-state index contributed by atoms with van der Waals surface area (Å²) >= 11 is 0. The molecule has 0 N–H and O–H groups in total. The van der Waals surface area contributed by atoms with Crippen molar-refractivity contribution < 1.29 is 9.53 Å². The molecule has 0 atom stereocenters. The Labute approximate surface area is 169 Å². The minimum atomic E-state index is -0.363. The van der Waals surface area contributed by atoms with Gasteiger partial charge in [-0.1, -0.05) is 54.6 Å². The van der Waals surface area contributed by atoms with Gasteiger partial charge in [0.15, 0.2) is 0 Å². The molecule has 0 saturated carbocycles. The standard InChI is InChI=1S/C26H21NO2/c28-26(27-21-13-5-1-9-17(21)18-10-2-6-14-22(18)27)25-19-11-3-7-15-23(19)29-24-16-8-4-12-20(24)25/h1,3-5,7-9,11-13,15-16,25H,2,6,10,14H2. The van der Waals surface area contributed by atoms with Crippen LogP contribution in [0.25, 0.3) is 10.9 Å². The third-order valence-corrected chi connectivity index (χ3v) is 6.33. The number of aryl methyl sites for hydroxylation is 1. The lowest BCUT2D eigenvalue weighted by Gasteiger charge is -2.28. The van der Waals surface area contributed by atoms with E-state index >= 15 is 0 Å². The van der Waals surface area contributed by atoms with Crippen LogP contribution >= 0.6 is 0 Å². The maximum Gasteiger partial charge on any atom is 0.243 e. The fourth-order valence-corrected chi connectivity index (χ4v) is 5.05. The van der Waals surface area contributed by atoms with Crippen LogP contribution < -0.4 is 4.74 Å². The monoisotopic (exact) mass is 379 g/mol. The number of fused-ring (bicyclic) bond motifs is 5. The first kappa shape index (κ1) is 16.6. The summed E-state index contributed by atoms with van der Waals surface area (Å²) < 4.78 is 8.12. The van der Waals surface area contributed by atoms with Gasteiger partial charge in [-0.2, -0.15) is 0 Å². The van der Waals surface area contributed by atoms with Crippen LogP contribution in [0.2, 0.25) is 0 Å². The molecule has 0 unspecified atom stereocenters. The Hall–Kier alpha value is -3.33. The molecule has 29 heavy (non-hydrogen) atoms. The number of hydrogen-bond acceptors (Lipinski definition) is 2. The average Bonchev–Trinajstić information content (AvgIpc) is 3.11. The minimum absolute atomic E-state index is 0.118. The van der Waals surface area contributed by atoms with Crippen LogP contribution in [0.4, 0.5) is 0 Å². The minimum Gasteiger partial charge on any atom is -0.457 e. The Bertz CT molecular complexity index is 1220. The zero-order valence-electron chi connectivity index (χ0n) is 16.1. The highest BCUT2D eigenvalue weighted by Crippen LogP contribution is 2.45. The second kappa shape index (κ2) is 6.35. The van der Waals surface area contributed by atoms with Crippen molar-refractivity contribution in [2.75, 3.05) is 0 Å². The van der Waals surface area contributed by atoms with Crippen molar-refractivity contribution in [1.82, 2.24) is 4.57 Å². The van der Waals surface area contributed by atoms with E-state index in [9.17, 15) is 4.79 Å². The van der Waals surface area contributed by atoms with Crippen molar-refractivity contribution in [3.63, 3.8) is 0 Å². The van der Waals surface area contributed by atoms with Crippen molar-refractivity contribution in [1.29, 1.82) is 0 Å². The molecule has 2 aliphatic rings. The van der Waals surface area contributed by atoms with Crippen molar-refractivity contribution in [2.24, 2.45) is 0 Å². The second-order valence-electron chi connectivity index (χ2n) is 7.93. The van der Waals surface area contributed by atoms with E-state index in [1.54, 1.807) is 0 Å². The number of carbonyl (C=O) groups excluding carboxylic acids is 1. The quantitative estimate of drug-likeness (QED) is 0.400. The molecule has 1 aliphatic heterocycles. The van der Waals surface area contributed by atoms with Crippen LogP contribution in [-0.2, 0) is 12.8 Å². The molecule has 0 amide bonds. The van der Waals surface area contributed by atoms with Crippen LogP contribution in [-0.4, -0.2) is 10.5 Å². The van der Waals surface area contributed by atoms with Crippen molar-refractivity contribution in [3.8, 4) is 11.5 Å². The first-order valence-corrected chi connectivity index (χ1v) is 10.3. The molecule has 1 aliphatic carbocycles. The van der Waals surface area contributed by atoms with Gasteiger partial charge in [0.2, 0.25) is 5.91 Å². The molecule has 0 spiro atoms. The number of hydrogen-bond donors (Lipinski definition) is 0. The Balaban J connectivity index is 1.61. The summed E-state index contributed by atoms with van der Waals surface area (Å²) in [4.78, 5) is 14.2. The molecule has 4 aromatic rings. The highest BCUT2D eigenvalue weighted by atomic mass is 16.5. The molecule has 0 fully saturated rings. The van der Waals surface area contributed by atoms with Crippen molar-refractivity contribution >= 4 is 16.8 Å². The number of ether oxygens (including phenoxy) is 1. The van der Waals surface area contributed by atoms with Gasteiger partial charge in [-0.25, -0.2) is 0 Å². The molecule has 6 rings (SSSR count). The van der Waals surface area contributed by atoms with Gasteiger partial charge in [0, 0.05) is 22.2 Å². The highest BCUT2D eigenvalue weighted by molar-refractivity contribution is 6.01. The number of rotatable bonds is 1. The van der Waals surface area contributed by atoms with Crippen molar-refractivity contribution in [3.05, 3.63) is 95.2 Å². The Morgan fingerprint density at radius 1 is 0.793 bits per heavy atom. The van der Waals surface area contributed by atoms with Crippen LogP contribution in [0.3, 0.4) is 0 Å². The lowest BCUT2D eigenvalue weighted by molar-refractivity contribution is 0.0890. The number of carbonyl (C=O) groups is 1. The topological polar surface area (TPSA) is 31.2 Å². The van der Waals surface area contributed by atoms with Gasteiger partial charge in [0.05, 0.1) is 11.4 Å². The first-order chi connectivity index (χ1) is 14.3. The third-order valence-electron chi connectivity index (χ3n) is 6.33. The van der Waals surface area contributed by atoms with Crippen LogP contribution in [0.15, 0.2) is 72.8 Å². The zero-order valence-corrected chi connectivity index (χ0v) is 16.1. The van der Waals surface area contributed by atoms with Gasteiger partial charge < -0.3 is 4.74 Å². The van der Waals surface area contributed by atoms with Gasteiger partial charge in [-0.15, -0.1) is 0 Å². The molecule has 0 radical (unpaired) electrons. The zero-order chi connectivity index (χ0) is 19.4. The lowest BCUT2D eigenvalue weighted by atomic mass is 9.87. The lowest BCUT2D eigenvalue weighted by Crippen LogP contribution is -2.26. The molecule has 1 aromatic heterocycles. The van der Waals surface area contributed by atoms with Crippen molar-refractivity contribution in [2.45, 2.75) is 31.6 Å². The summed E-state index contributed by atoms with van der Waals surface area (Å²) in [5.41, 5.74) is 5.47. The smallest absolute Gasteiger partial charge is 0.243 e. The van der Waals surface area contributed by atoms with E-state index in [2.05, 4.69) is 18.2 Å². The predicted molar refractivity (Wildman–Crippen MR) is 114 cm³/mol. The molecule has 3 aromatic carbocycles. The molecule has 3 heteroatoms. The number of para-hydroxylation sites is 3. The largest absolute Gasteiger partial charge is 0.457 e. The number of nitrogens with zero attached hydrogens (tertiary/aromatic N) is 1. The predicted octanol–water partition coefficient (Wildman–Crippen LogP) is 6.10. The van der Waals surface area contributed by atoms with Gasteiger partial charge in [0.25, 0.3) is 0 Å². The fourth-order valence-electron chi connectivity index (χ4n) is 5.05. The molecule has 3 nitrogen and oxygen atoms in total. The molecular weight excluding hydrogens is 358 g/mol. The first-order valence-electron chi connectivity index (χ1n) is 10.3. The normalized spacial score (nSPS) is 15.3. The van der Waals surface area contributed by atoms with E-state index in [4.69, 9.17) is 4.74 Å². The molecular formula is C26H21NO2. The van der Waals surface area contributed by atoms with Crippen LogP contribution in [0.1, 0.15) is 45.9 Å². The fraction of sp³-hybridized carbons (Fsp3) is 0.192. The summed E-state index contributed by atoms with van der Waals surface area (Å²) in [6, 6.07) is 24.2. The number of benzene rings is 3. The van der Waals surface area contributed by atoms with E-state index in [-0.39, 0.29) is 11.8 Å². The maximum atomic E-state index is 14.2. The Morgan fingerprint density at radius 2 is 1.41 bits per heavy atom. The van der Waals surface area contributed by atoms with Crippen LogP contribution in [0, 0.1) is 0 Å². The summed E-state index contributed by atoms with van der Waals surface area (Å²) in [5, 5.41) is 1.23. The maximum absolute atomic E-state index is 14.2. The molecule has 142 valence electrons. The van der Waals surface area contributed by atoms with Crippen LogP contribution in [0.5, 0.6) is 11.5 Å². The molecule has 0 bridgehead atoms.